The van der Waals surface area contributed by atoms with Gasteiger partial charge in [0.25, 0.3) is 0 Å². The largest absolute Gasteiger partial charge is 0.392 e. The molecule has 1 unspecified atom stereocenters. The second kappa shape index (κ2) is 5.60. The lowest BCUT2D eigenvalue weighted by Crippen LogP contribution is -2.47. The van der Waals surface area contributed by atoms with Crippen LogP contribution in [0, 0.1) is 0 Å². The molecule has 6 nitrogen and oxygen atoms in total. The molecule has 16 heavy (non-hydrogen) atoms. The predicted octanol–water partition coefficient (Wildman–Crippen LogP) is -1.74. The Morgan fingerprint density at radius 2 is 2.31 bits per heavy atom. The van der Waals surface area contributed by atoms with Gasteiger partial charge in [0.1, 0.15) is 0 Å². The maximum Gasteiger partial charge on any atom is 0.221 e. The molecule has 0 aliphatic carbocycles. The second-order valence-corrected chi connectivity index (χ2v) is 6.35. The van der Waals surface area contributed by atoms with E-state index in [1.165, 1.54) is 0 Å². The number of aliphatic hydroxyl groups is 1. The molecule has 1 amide bonds. The smallest absolute Gasteiger partial charge is 0.221 e. The minimum Gasteiger partial charge on any atom is -0.392 e. The number of hydrogen-bond donors (Lipinski definition) is 3. The lowest BCUT2D eigenvalue weighted by atomic mass is 10.2. The van der Waals surface area contributed by atoms with Crippen molar-refractivity contribution in [3.8, 4) is 0 Å². The normalized spacial score (nSPS) is 26.0. The number of carbonyl (C=O) groups excluding carboxylic acids is 1. The van der Waals surface area contributed by atoms with Crippen LogP contribution < -0.4 is 10.6 Å². The summed E-state index contributed by atoms with van der Waals surface area (Å²) in [6.45, 7) is 2.17. The van der Waals surface area contributed by atoms with E-state index in [1.807, 2.05) is 0 Å². The van der Waals surface area contributed by atoms with Crippen LogP contribution in [0.25, 0.3) is 0 Å². The first-order valence-electron chi connectivity index (χ1n) is 5.27. The average molecular weight is 250 g/mol. The van der Waals surface area contributed by atoms with Crippen molar-refractivity contribution in [2.45, 2.75) is 25.5 Å². The first-order valence-corrected chi connectivity index (χ1v) is 7.10. The second-order valence-electron chi connectivity index (χ2n) is 4.12. The van der Waals surface area contributed by atoms with E-state index in [9.17, 15) is 13.2 Å². The number of rotatable bonds is 4. The number of sulfone groups is 1. The van der Waals surface area contributed by atoms with Crippen LogP contribution in [0.3, 0.4) is 0 Å². The maximum absolute atomic E-state index is 11.4. The fourth-order valence-corrected chi connectivity index (χ4v) is 3.00. The summed E-state index contributed by atoms with van der Waals surface area (Å²) < 4.78 is 22.6. The molecule has 0 aromatic carbocycles. The highest BCUT2D eigenvalue weighted by Crippen LogP contribution is 2.04. The van der Waals surface area contributed by atoms with E-state index in [2.05, 4.69) is 10.6 Å². The van der Waals surface area contributed by atoms with Crippen molar-refractivity contribution in [3.05, 3.63) is 0 Å². The Morgan fingerprint density at radius 3 is 2.88 bits per heavy atom. The zero-order valence-corrected chi connectivity index (χ0v) is 10.1. The van der Waals surface area contributed by atoms with Crippen LogP contribution in [0.15, 0.2) is 0 Å². The van der Waals surface area contributed by atoms with E-state index in [1.54, 1.807) is 6.92 Å². The van der Waals surface area contributed by atoms with Crippen molar-refractivity contribution < 1.29 is 18.3 Å². The topological polar surface area (TPSA) is 95.5 Å². The maximum atomic E-state index is 11.4. The van der Waals surface area contributed by atoms with Crippen LogP contribution in [0.5, 0.6) is 0 Å². The van der Waals surface area contributed by atoms with Gasteiger partial charge in [-0.25, -0.2) is 8.42 Å². The fourth-order valence-electron chi connectivity index (χ4n) is 1.56. The quantitative estimate of drug-likeness (QED) is 0.550. The highest BCUT2D eigenvalue weighted by atomic mass is 32.2. The summed E-state index contributed by atoms with van der Waals surface area (Å²) in [5, 5.41) is 14.5. The van der Waals surface area contributed by atoms with Crippen molar-refractivity contribution in [2.24, 2.45) is 0 Å². The first-order chi connectivity index (χ1) is 7.39. The van der Waals surface area contributed by atoms with E-state index in [0.717, 1.165) is 0 Å². The van der Waals surface area contributed by atoms with Crippen LogP contribution >= 0.6 is 0 Å². The van der Waals surface area contributed by atoms with Gasteiger partial charge in [0, 0.05) is 25.6 Å². The number of aliphatic hydroxyl groups excluding tert-OH is 1. The third kappa shape index (κ3) is 4.91. The minimum atomic E-state index is -3.00. The van der Waals surface area contributed by atoms with E-state index < -0.39 is 15.9 Å². The summed E-state index contributed by atoms with van der Waals surface area (Å²) in [7, 11) is -3.00. The molecule has 0 spiro atoms. The van der Waals surface area contributed by atoms with Gasteiger partial charge < -0.3 is 15.7 Å². The molecule has 7 heteroatoms. The van der Waals surface area contributed by atoms with Crippen molar-refractivity contribution in [2.75, 3.05) is 24.6 Å². The monoisotopic (exact) mass is 250 g/mol. The van der Waals surface area contributed by atoms with Crippen LogP contribution in [0.1, 0.15) is 13.3 Å². The summed E-state index contributed by atoms with van der Waals surface area (Å²) in [5.41, 5.74) is 0. The van der Waals surface area contributed by atoms with Gasteiger partial charge in [-0.3, -0.25) is 4.79 Å². The molecule has 1 rings (SSSR count). The molecule has 1 aliphatic heterocycles. The molecule has 1 heterocycles. The van der Waals surface area contributed by atoms with E-state index >= 15 is 0 Å². The predicted molar refractivity (Wildman–Crippen MR) is 59.8 cm³/mol. The Hall–Kier alpha value is -0.660. The van der Waals surface area contributed by atoms with Gasteiger partial charge in [-0.05, 0) is 6.92 Å². The third-order valence-corrected chi connectivity index (χ3v) is 4.06. The molecule has 3 N–H and O–H groups in total. The van der Waals surface area contributed by atoms with Crippen LogP contribution in [0.2, 0.25) is 0 Å². The summed E-state index contributed by atoms with van der Waals surface area (Å²) in [6.07, 6.45) is -0.460. The highest BCUT2D eigenvalue weighted by molar-refractivity contribution is 7.91. The van der Waals surface area contributed by atoms with Crippen LogP contribution in [0.4, 0.5) is 0 Å². The van der Waals surface area contributed by atoms with Crippen molar-refractivity contribution in [1.82, 2.24) is 10.6 Å². The Bertz CT molecular complexity index is 339. The van der Waals surface area contributed by atoms with Gasteiger partial charge in [-0.2, -0.15) is 0 Å². The zero-order chi connectivity index (χ0) is 12.2. The highest BCUT2D eigenvalue weighted by Gasteiger charge is 2.25. The lowest BCUT2D eigenvalue weighted by Gasteiger charge is -2.23. The van der Waals surface area contributed by atoms with Crippen LogP contribution in [-0.4, -0.2) is 56.2 Å². The zero-order valence-electron chi connectivity index (χ0n) is 9.27. The summed E-state index contributed by atoms with van der Waals surface area (Å²) in [6, 6.07) is -0.312. The van der Waals surface area contributed by atoms with E-state index in [0.29, 0.717) is 6.54 Å². The Kier molecular flexibility index (Phi) is 4.69. The fraction of sp³-hybridized carbons (Fsp3) is 0.889. The molecule has 1 saturated heterocycles. The Balaban J connectivity index is 2.34. The molecule has 0 aromatic rings. The van der Waals surface area contributed by atoms with Crippen molar-refractivity contribution in [3.63, 3.8) is 0 Å². The molecular weight excluding hydrogens is 232 g/mol. The molecule has 1 fully saturated rings. The Labute approximate surface area is 95.3 Å². The van der Waals surface area contributed by atoms with E-state index in [-0.39, 0.29) is 36.4 Å². The van der Waals surface area contributed by atoms with Gasteiger partial charge in [-0.15, -0.1) is 0 Å². The number of hydrogen-bond acceptors (Lipinski definition) is 5. The van der Waals surface area contributed by atoms with Crippen molar-refractivity contribution >= 4 is 15.7 Å². The summed E-state index contributed by atoms with van der Waals surface area (Å²) in [4.78, 5) is 11.4. The molecule has 94 valence electrons. The molecular formula is C9H18N2O4S. The minimum absolute atomic E-state index is 0.00903. The third-order valence-electron chi connectivity index (χ3n) is 2.33. The molecule has 0 saturated carbocycles. The SMILES string of the molecule is C[C@@H](O)CNC(=O)CC1CS(=O)(=O)CCN1. The van der Waals surface area contributed by atoms with Gasteiger partial charge in [-0.1, -0.05) is 0 Å². The first kappa shape index (κ1) is 13.4. The molecule has 1 aliphatic rings. The summed E-state index contributed by atoms with van der Waals surface area (Å²) >= 11 is 0. The number of carbonyl (C=O) groups is 1. The number of amides is 1. The average Bonchev–Trinajstić information content (AvgIpc) is 2.13. The Morgan fingerprint density at radius 1 is 1.62 bits per heavy atom. The van der Waals surface area contributed by atoms with Gasteiger partial charge in [0.2, 0.25) is 5.91 Å². The number of nitrogens with one attached hydrogen (secondary N) is 2. The van der Waals surface area contributed by atoms with Gasteiger partial charge in [0.15, 0.2) is 9.84 Å². The standard InChI is InChI=1S/C9H18N2O4S/c1-7(12)5-11-9(13)4-8-6-16(14,15)3-2-10-8/h7-8,10,12H,2-6H2,1H3,(H,11,13)/t7-,8?/m1/s1. The molecule has 2 atom stereocenters. The van der Waals surface area contributed by atoms with Gasteiger partial charge >= 0.3 is 0 Å². The van der Waals surface area contributed by atoms with Crippen molar-refractivity contribution in [1.29, 1.82) is 0 Å². The lowest BCUT2D eigenvalue weighted by molar-refractivity contribution is -0.121. The van der Waals surface area contributed by atoms with E-state index in [4.69, 9.17) is 5.11 Å². The molecule has 0 radical (unpaired) electrons. The molecule has 0 aromatic heterocycles. The summed E-state index contributed by atoms with van der Waals surface area (Å²) in [5.74, 6) is -0.0936. The van der Waals surface area contributed by atoms with Gasteiger partial charge in [0.05, 0.1) is 17.6 Å². The van der Waals surface area contributed by atoms with Crippen LogP contribution in [-0.2, 0) is 14.6 Å². The molecule has 0 bridgehead atoms.